The second-order valence-corrected chi connectivity index (χ2v) is 3.32. The average Bonchev–Trinajstić information content (AvgIpc) is 2.51. The van der Waals surface area contributed by atoms with E-state index in [1.54, 1.807) is 6.92 Å². The van der Waals surface area contributed by atoms with Crippen LogP contribution in [0.3, 0.4) is 0 Å². The van der Waals surface area contributed by atoms with E-state index in [9.17, 15) is 4.79 Å². The van der Waals surface area contributed by atoms with Gasteiger partial charge in [-0.25, -0.2) is 4.63 Å². The van der Waals surface area contributed by atoms with Gasteiger partial charge in [-0.1, -0.05) is 10.3 Å². The van der Waals surface area contributed by atoms with Crippen molar-refractivity contribution in [2.45, 2.75) is 26.7 Å². The lowest BCUT2D eigenvalue weighted by Crippen LogP contribution is -2.16. The van der Waals surface area contributed by atoms with Crippen LogP contribution in [-0.2, 0) is 11.2 Å². The van der Waals surface area contributed by atoms with Crippen LogP contribution in [0.25, 0.3) is 0 Å². The highest BCUT2D eigenvalue weighted by atomic mass is 16.6. The van der Waals surface area contributed by atoms with Crippen LogP contribution < -0.4 is 0 Å². The number of aryl methyl sites for hydroxylation is 1. The fourth-order valence-electron chi connectivity index (χ4n) is 1.27. The van der Waals surface area contributed by atoms with E-state index in [0.29, 0.717) is 24.2 Å². The van der Waals surface area contributed by atoms with E-state index in [2.05, 4.69) is 14.9 Å². The Morgan fingerprint density at radius 1 is 1.57 bits per heavy atom. The van der Waals surface area contributed by atoms with Gasteiger partial charge in [0.1, 0.15) is 17.2 Å². The lowest BCUT2D eigenvalue weighted by Gasteiger charge is -2.09. The highest BCUT2D eigenvalue weighted by Crippen LogP contribution is 2.13. The molecule has 78 valence electrons. The standard InChI is InChI=1S/C9H14N2O3/c1-6-9(11-14-10-6)5-8(3-4-12)7(2)13/h8,12H,3-5H2,1-2H3. The zero-order valence-electron chi connectivity index (χ0n) is 8.36. The first-order valence-electron chi connectivity index (χ1n) is 4.54. The molecule has 1 rings (SSSR count). The predicted molar refractivity (Wildman–Crippen MR) is 48.6 cm³/mol. The molecule has 1 N–H and O–H groups in total. The van der Waals surface area contributed by atoms with Crippen LogP contribution in [-0.4, -0.2) is 27.8 Å². The third-order valence-electron chi connectivity index (χ3n) is 2.24. The first-order valence-corrected chi connectivity index (χ1v) is 4.54. The Balaban J connectivity index is 2.64. The third kappa shape index (κ3) is 2.63. The highest BCUT2D eigenvalue weighted by Gasteiger charge is 2.17. The summed E-state index contributed by atoms with van der Waals surface area (Å²) in [5.74, 6) is -0.132. The van der Waals surface area contributed by atoms with Crippen molar-refractivity contribution < 1.29 is 14.5 Å². The first kappa shape index (κ1) is 10.8. The maximum atomic E-state index is 11.2. The minimum Gasteiger partial charge on any atom is -0.396 e. The van der Waals surface area contributed by atoms with E-state index >= 15 is 0 Å². The van der Waals surface area contributed by atoms with Crippen LogP contribution >= 0.6 is 0 Å². The Bertz CT molecular complexity index is 309. The van der Waals surface area contributed by atoms with E-state index in [-0.39, 0.29) is 18.3 Å². The summed E-state index contributed by atoms with van der Waals surface area (Å²) >= 11 is 0. The van der Waals surface area contributed by atoms with Crippen molar-refractivity contribution in [2.75, 3.05) is 6.61 Å². The van der Waals surface area contributed by atoms with Crippen molar-refractivity contribution in [1.29, 1.82) is 0 Å². The van der Waals surface area contributed by atoms with Gasteiger partial charge in [-0.05, 0) is 20.3 Å². The molecule has 0 saturated carbocycles. The number of rotatable bonds is 5. The number of hydrogen-bond donors (Lipinski definition) is 1. The summed E-state index contributed by atoms with van der Waals surface area (Å²) < 4.78 is 4.53. The number of aromatic nitrogens is 2. The maximum absolute atomic E-state index is 11.2. The molecule has 0 saturated heterocycles. The van der Waals surface area contributed by atoms with Crippen molar-refractivity contribution in [3.05, 3.63) is 11.4 Å². The van der Waals surface area contributed by atoms with Crippen LogP contribution in [0.5, 0.6) is 0 Å². The summed E-state index contributed by atoms with van der Waals surface area (Å²) in [4.78, 5) is 11.2. The molecule has 0 aliphatic heterocycles. The first-order chi connectivity index (χ1) is 6.65. The Morgan fingerprint density at radius 3 is 2.71 bits per heavy atom. The largest absolute Gasteiger partial charge is 0.396 e. The molecule has 0 spiro atoms. The fraction of sp³-hybridized carbons (Fsp3) is 0.667. The van der Waals surface area contributed by atoms with Crippen LogP contribution in [0.2, 0.25) is 0 Å². The second-order valence-electron chi connectivity index (χ2n) is 3.32. The van der Waals surface area contributed by atoms with Gasteiger partial charge in [0.15, 0.2) is 0 Å². The van der Waals surface area contributed by atoms with Crippen LogP contribution in [0.15, 0.2) is 4.63 Å². The summed E-state index contributed by atoms with van der Waals surface area (Å²) in [7, 11) is 0. The van der Waals surface area contributed by atoms with Gasteiger partial charge in [-0.15, -0.1) is 0 Å². The van der Waals surface area contributed by atoms with Gasteiger partial charge in [0.25, 0.3) is 0 Å². The number of aliphatic hydroxyl groups is 1. The Kier molecular flexibility index (Phi) is 3.76. The zero-order chi connectivity index (χ0) is 10.6. The fourth-order valence-corrected chi connectivity index (χ4v) is 1.27. The molecule has 1 atom stereocenters. The van der Waals surface area contributed by atoms with Gasteiger partial charge in [0.05, 0.1) is 0 Å². The molecule has 1 aromatic rings. The zero-order valence-corrected chi connectivity index (χ0v) is 8.36. The molecule has 1 unspecified atom stereocenters. The van der Waals surface area contributed by atoms with Gasteiger partial charge >= 0.3 is 0 Å². The van der Waals surface area contributed by atoms with E-state index in [1.807, 2.05) is 0 Å². The molecular weight excluding hydrogens is 184 g/mol. The molecule has 5 heteroatoms. The van der Waals surface area contributed by atoms with Crippen molar-refractivity contribution in [3.8, 4) is 0 Å². The molecule has 0 fully saturated rings. The molecule has 5 nitrogen and oxygen atoms in total. The molecule has 0 aliphatic carbocycles. The van der Waals surface area contributed by atoms with E-state index in [4.69, 9.17) is 5.11 Å². The van der Waals surface area contributed by atoms with Gasteiger partial charge in [0, 0.05) is 18.9 Å². The van der Waals surface area contributed by atoms with Crippen LogP contribution in [0.4, 0.5) is 0 Å². The second kappa shape index (κ2) is 4.85. The molecule has 0 amide bonds. The molecule has 0 aliphatic rings. The normalized spacial score (nSPS) is 12.8. The molecule has 1 heterocycles. The number of nitrogens with zero attached hydrogens (tertiary/aromatic N) is 2. The molecule has 0 radical (unpaired) electrons. The van der Waals surface area contributed by atoms with E-state index < -0.39 is 0 Å². The molecule has 1 aromatic heterocycles. The molecule has 0 aromatic carbocycles. The minimum atomic E-state index is -0.189. The SMILES string of the molecule is CC(=O)C(CCO)Cc1nonc1C. The number of carbonyl (C=O) groups excluding carboxylic acids is 1. The summed E-state index contributed by atoms with van der Waals surface area (Å²) in [5, 5.41) is 16.1. The van der Waals surface area contributed by atoms with E-state index in [0.717, 1.165) is 0 Å². The predicted octanol–water partition coefficient (Wildman–Crippen LogP) is 0.508. The van der Waals surface area contributed by atoms with Gasteiger partial charge in [-0.2, -0.15) is 0 Å². The number of aliphatic hydroxyl groups excluding tert-OH is 1. The summed E-state index contributed by atoms with van der Waals surface area (Å²) in [5.41, 5.74) is 1.40. The number of carbonyl (C=O) groups is 1. The summed E-state index contributed by atoms with van der Waals surface area (Å²) in [6, 6.07) is 0. The van der Waals surface area contributed by atoms with Crippen molar-refractivity contribution >= 4 is 5.78 Å². The third-order valence-corrected chi connectivity index (χ3v) is 2.24. The molecule has 14 heavy (non-hydrogen) atoms. The molecule has 0 bridgehead atoms. The number of ketones is 1. The van der Waals surface area contributed by atoms with Gasteiger partial charge in [0.2, 0.25) is 0 Å². The topological polar surface area (TPSA) is 76.2 Å². The van der Waals surface area contributed by atoms with Crippen molar-refractivity contribution in [3.63, 3.8) is 0 Å². The van der Waals surface area contributed by atoms with Crippen molar-refractivity contribution in [1.82, 2.24) is 10.3 Å². The minimum absolute atomic E-state index is 0.00851. The Hall–Kier alpha value is -1.23. The van der Waals surface area contributed by atoms with Crippen LogP contribution in [0, 0.1) is 12.8 Å². The average molecular weight is 198 g/mol. The Labute approximate surface area is 82.1 Å². The van der Waals surface area contributed by atoms with Gasteiger partial charge < -0.3 is 5.11 Å². The monoisotopic (exact) mass is 198 g/mol. The number of hydrogen-bond acceptors (Lipinski definition) is 5. The lowest BCUT2D eigenvalue weighted by atomic mass is 9.95. The quantitative estimate of drug-likeness (QED) is 0.745. The maximum Gasteiger partial charge on any atom is 0.133 e. The smallest absolute Gasteiger partial charge is 0.133 e. The Morgan fingerprint density at radius 2 is 2.29 bits per heavy atom. The van der Waals surface area contributed by atoms with Crippen molar-refractivity contribution in [2.24, 2.45) is 5.92 Å². The summed E-state index contributed by atoms with van der Waals surface area (Å²) in [6.45, 7) is 3.31. The lowest BCUT2D eigenvalue weighted by molar-refractivity contribution is -0.121. The molecular formula is C9H14N2O3. The number of Topliss-reactive ketones (excluding diaryl/α,β-unsaturated/α-hetero) is 1. The van der Waals surface area contributed by atoms with Gasteiger partial charge in [-0.3, -0.25) is 4.79 Å². The summed E-state index contributed by atoms with van der Waals surface area (Å²) in [6.07, 6.45) is 0.951. The highest BCUT2D eigenvalue weighted by molar-refractivity contribution is 5.78. The van der Waals surface area contributed by atoms with E-state index in [1.165, 1.54) is 6.92 Å². The van der Waals surface area contributed by atoms with Crippen LogP contribution in [0.1, 0.15) is 24.7 Å².